The smallest absolute Gasteiger partial charge is 0.303 e. The molecule has 0 saturated carbocycles. The first kappa shape index (κ1) is 11.4. The van der Waals surface area contributed by atoms with Crippen molar-refractivity contribution in [2.45, 2.75) is 12.8 Å². The molecule has 1 aromatic heterocycles. The Morgan fingerprint density at radius 1 is 1.47 bits per heavy atom. The molecule has 1 rings (SSSR count). The van der Waals surface area contributed by atoms with Crippen LogP contribution in [0.4, 0.5) is 5.95 Å². The minimum atomic E-state index is -1.03. The van der Waals surface area contributed by atoms with Crippen LogP contribution in [0.1, 0.15) is 12.8 Å². The molecule has 0 atom stereocenters. The van der Waals surface area contributed by atoms with Gasteiger partial charge in [0, 0.05) is 12.6 Å². The molecule has 0 aliphatic heterocycles. The maximum absolute atomic E-state index is 11.1. The number of anilines is 1. The number of hydrogen-bond donors (Lipinski definition) is 2. The number of carboxylic acid groups (broad SMARTS) is 1. The lowest BCUT2D eigenvalue weighted by molar-refractivity contribution is -0.138. The summed E-state index contributed by atoms with van der Waals surface area (Å²) in [7, 11) is 0. The van der Waals surface area contributed by atoms with Crippen LogP contribution in [0.5, 0.6) is 0 Å². The average molecular weight is 230 g/mol. The van der Waals surface area contributed by atoms with E-state index in [2.05, 4.69) is 15.3 Å². The zero-order valence-corrected chi connectivity index (χ0v) is 8.36. The second kappa shape index (κ2) is 5.26. The Balaban J connectivity index is 2.48. The van der Waals surface area contributed by atoms with Gasteiger partial charge in [-0.15, -0.1) is 0 Å². The van der Waals surface area contributed by atoms with Crippen LogP contribution in [0, 0.1) is 0 Å². The lowest BCUT2D eigenvalue weighted by Crippen LogP contribution is -2.15. The average Bonchev–Trinajstić information content (AvgIpc) is 2.15. The van der Waals surface area contributed by atoms with E-state index in [4.69, 9.17) is 16.7 Å². The fourth-order valence-electron chi connectivity index (χ4n) is 0.805. The molecule has 0 bridgehead atoms. The number of nitrogens with one attached hydrogen (secondary N) is 1. The van der Waals surface area contributed by atoms with Crippen LogP contribution in [0.3, 0.4) is 0 Å². The highest BCUT2D eigenvalue weighted by Gasteiger charge is 2.07. The number of halogens is 1. The summed E-state index contributed by atoms with van der Waals surface area (Å²) in [4.78, 5) is 28.8. The van der Waals surface area contributed by atoms with Gasteiger partial charge in [-0.25, -0.2) is 9.97 Å². The summed E-state index contributed by atoms with van der Waals surface area (Å²) < 4.78 is 0. The molecule has 6 nitrogen and oxygen atoms in total. The van der Waals surface area contributed by atoms with E-state index in [1.807, 2.05) is 0 Å². The number of carbonyl (C=O) groups excluding carboxylic acids is 1. The Hall–Kier alpha value is -1.69. The first-order valence-electron chi connectivity index (χ1n) is 4.08. The van der Waals surface area contributed by atoms with Crippen molar-refractivity contribution in [3.8, 4) is 0 Å². The van der Waals surface area contributed by atoms with Gasteiger partial charge in [0.05, 0.1) is 6.42 Å². The topological polar surface area (TPSA) is 92.2 Å². The third-order valence-electron chi connectivity index (χ3n) is 1.44. The van der Waals surface area contributed by atoms with Crippen LogP contribution in [-0.4, -0.2) is 27.0 Å². The van der Waals surface area contributed by atoms with Crippen molar-refractivity contribution in [3.63, 3.8) is 0 Å². The Morgan fingerprint density at radius 2 is 2.20 bits per heavy atom. The molecule has 1 aromatic rings. The molecule has 80 valence electrons. The van der Waals surface area contributed by atoms with Crippen LogP contribution in [0.25, 0.3) is 0 Å². The number of nitrogens with zero attached hydrogens (tertiary/aromatic N) is 2. The molecule has 0 unspecified atom stereocenters. The molecule has 15 heavy (non-hydrogen) atoms. The Bertz CT molecular complexity index is 383. The van der Waals surface area contributed by atoms with Gasteiger partial charge in [-0.3, -0.25) is 14.9 Å². The summed E-state index contributed by atoms with van der Waals surface area (Å²) in [6, 6.07) is 1.47. The predicted octanol–water partition coefficient (Wildman–Crippen LogP) is 0.933. The van der Waals surface area contributed by atoms with Crippen molar-refractivity contribution < 1.29 is 14.7 Å². The second-order valence-electron chi connectivity index (χ2n) is 2.64. The molecular formula is C8H8ClN3O3. The molecule has 1 heterocycles. The van der Waals surface area contributed by atoms with Crippen molar-refractivity contribution in [2.24, 2.45) is 0 Å². The van der Waals surface area contributed by atoms with E-state index < -0.39 is 11.9 Å². The fraction of sp³-hybridized carbons (Fsp3) is 0.250. The van der Waals surface area contributed by atoms with Gasteiger partial charge in [0.1, 0.15) is 5.15 Å². The summed E-state index contributed by atoms with van der Waals surface area (Å²) in [6.45, 7) is 0. The van der Waals surface area contributed by atoms with Crippen molar-refractivity contribution >= 4 is 29.4 Å². The number of aliphatic carboxylic acids is 1. The van der Waals surface area contributed by atoms with Crippen molar-refractivity contribution in [1.29, 1.82) is 0 Å². The molecule has 2 N–H and O–H groups in total. The van der Waals surface area contributed by atoms with E-state index >= 15 is 0 Å². The summed E-state index contributed by atoms with van der Waals surface area (Å²) >= 11 is 5.56. The van der Waals surface area contributed by atoms with Crippen LogP contribution < -0.4 is 5.32 Å². The van der Waals surface area contributed by atoms with E-state index in [9.17, 15) is 9.59 Å². The molecule has 1 amide bonds. The van der Waals surface area contributed by atoms with Crippen molar-refractivity contribution in [2.75, 3.05) is 5.32 Å². The Kier molecular flexibility index (Phi) is 3.99. The number of rotatable bonds is 4. The molecule has 0 saturated heterocycles. The van der Waals surface area contributed by atoms with Crippen LogP contribution in [0.2, 0.25) is 5.15 Å². The lowest BCUT2D eigenvalue weighted by Gasteiger charge is -2.01. The summed E-state index contributed by atoms with van der Waals surface area (Å²) in [5, 5.41) is 10.9. The molecule has 0 aromatic carbocycles. The maximum Gasteiger partial charge on any atom is 0.303 e. The number of hydrogen-bond acceptors (Lipinski definition) is 4. The summed E-state index contributed by atoms with van der Waals surface area (Å²) in [5.74, 6) is -1.42. The standard InChI is InChI=1S/C8H8ClN3O3/c9-5-3-4-10-8(11-5)12-6(13)1-2-7(14)15/h3-4H,1-2H2,(H,14,15)(H,10,11,12,13). The zero-order chi connectivity index (χ0) is 11.3. The normalized spacial score (nSPS) is 9.67. The monoisotopic (exact) mass is 229 g/mol. The van der Waals surface area contributed by atoms with Gasteiger partial charge in [-0.2, -0.15) is 0 Å². The molecular weight excluding hydrogens is 222 g/mol. The first-order valence-corrected chi connectivity index (χ1v) is 4.46. The number of amides is 1. The predicted molar refractivity (Wildman–Crippen MR) is 52.5 cm³/mol. The van der Waals surface area contributed by atoms with Crippen LogP contribution in [0.15, 0.2) is 12.3 Å². The van der Waals surface area contributed by atoms with Crippen molar-refractivity contribution in [3.05, 3.63) is 17.4 Å². The third kappa shape index (κ3) is 4.37. The molecule has 7 heteroatoms. The second-order valence-corrected chi connectivity index (χ2v) is 3.03. The molecule has 0 fully saturated rings. The van der Waals surface area contributed by atoms with Gasteiger partial charge in [0.2, 0.25) is 11.9 Å². The van der Waals surface area contributed by atoms with E-state index in [0.717, 1.165) is 0 Å². The van der Waals surface area contributed by atoms with Gasteiger partial charge >= 0.3 is 5.97 Å². The quantitative estimate of drug-likeness (QED) is 0.750. The number of carbonyl (C=O) groups is 2. The van der Waals surface area contributed by atoms with Gasteiger partial charge in [0.25, 0.3) is 0 Å². The van der Waals surface area contributed by atoms with Crippen LogP contribution >= 0.6 is 11.6 Å². The first-order chi connectivity index (χ1) is 7.08. The van der Waals surface area contributed by atoms with Gasteiger partial charge in [0.15, 0.2) is 0 Å². The highest BCUT2D eigenvalue weighted by Crippen LogP contribution is 2.06. The van der Waals surface area contributed by atoms with E-state index in [1.54, 1.807) is 0 Å². The molecule has 0 aliphatic carbocycles. The van der Waals surface area contributed by atoms with Gasteiger partial charge < -0.3 is 5.11 Å². The lowest BCUT2D eigenvalue weighted by atomic mass is 10.3. The van der Waals surface area contributed by atoms with Gasteiger partial charge in [-0.1, -0.05) is 11.6 Å². The third-order valence-corrected chi connectivity index (χ3v) is 1.65. The number of carboxylic acids is 1. The van der Waals surface area contributed by atoms with Crippen LogP contribution in [-0.2, 0) is 9.59 Å². The summed E-state index contributed by atoms with van der Waals surface area (Å²) in [6.07, 6.45) is 1.04. The highest BCUT2D eigenvalue weighted by atomic mass is 35.5. The number of aromatic nitrogens is 2. The Labute approximate surface area is 90.3 Å². The summed E-state index contributed by atoms with van der Waals surface area (Å²) in [5.41, 5.74) is 0. The molecule has 0 aliphatic rings. The molecule has 0 radical (unpaired) electrons. The fourth-order valence-corrected chi connectivity index (χ4v) is 0.941. The van der Waals surface area contributed by atoms with Gasteiger partial charge in [-0.05, 0) is 6.07 Å². The van der Waals surface area contributed by atoms with Crippen molar-refractivity contribution in [1.82, 2.24) is 9.97 Å². The minimum absolute atomic E-state index is 0.0675. The van der Waals surface area contributed by atoms with E-state index in [-0.39, 0.29) is 23.9 Å². The SMILES string of the molecule is O=C(O)CCC(=O)Nc1nccc(Cl)n1. The Morgan fingerprint density at radius 3 is 2.80 bits per heavy atom. The van der Waals surface area contributed by atoms with E-state index in [1.165, 1.54) is 12.3 Å². The largest absolute Gasteiger partial charge is 0.481 e. The maximum atomic E-state index is 11.1. The molecule has 0 spiro atoms. The highest BCUT2D eigenvalue weighted by molar-refractivity contribution is 6.29. The minimum Gasteiger partial charge on any atom is -0.481 e. The zero-order valence-electron chi connectivity index (χ0n) is 7.61. The van der Waals surface area contributed by atoms with E-state index in [0.29, 0.717) is 0 Å².